The molecule has 0 N–H and O–H groups in total. The number of rotatable bonds is 4. The molecule has 1 saturated heterocycles. The number of aromatic nitrogens is 5. The van der Waals surface area contributed by atoms with Crippen molar-refractivity contribution in [3.8, 4) is 0 Å². The van der Waals surface area contributed by atoms with Gasteiger partial charge >= 0.3 is 0 Å². The minimum absolute atomic E-state index is 0.0171. The summed E-state index contributed by atoms with van der Waals surface area (Å²) in [5.74, 6) is 1.10. The van der Waals surface area contributed by atoms with Gasteiger partial charge in [-0.15, -0.1) is 10.2 Å². The molecule has 0 radical (unpaired) electrons. The van der Waals surface area contributed by atoms with Crippen LogP contribution in [0.2, 0.25) is 0 Å². The summed E-state index contributed by atoms with van der Waals surface area (Å²) in [5, 5.41) is 13.0. The van der Waals surface area contributed by atoms with E-state index in [-0.39, 0.29) is 11.3 Å². The van der Waals surface area contributed by atoms with Gasteiger partial charge in [-0.25, -0.2) is 8.42 Å². The third kappa shape index (κ3) is 2.58. The second-order valence-electron chi connectivity index (χ2n) is 8.87. The predicted octanol–water partition coefficient (Wildman–Crippen LogP) is 2.31. The average molecular weight is 405 g/mol. The maximum absolute atomic E-state index is 13.6. The minimum atomic E-state index is -3.59. The van der Waals surface area contributed by atoms with E-state index in [4.69, 9.17) is 0 Å². The van der Waals surface area contributed by atoms with Crippen LogP contribution in [0.25, 0.3) is 0 Å². The van der Waals surface area contributed by atoms with Crippen LogP contribution in [0, 0.1) is 19.3 Å². The van der Waals surface area contributed by atoms with Crippen LogP contribution >= 0.6 is 0 Å². The summed E-state index contributed by atoms with van der Waals surface area (Å²) < 4.78 is 32.8. The van der Waals surface area contributed by atoms with E-state index in [9.17, 15) is 8.42 Å². The van der Waals surface area contributed by atoms with Gasteiger partial charge in [0, 0.05) is 32.1 Å². The molecular formula is C19H28N6O2S. The Morgan fingerprint density at radius 2 is 1.89 bits per heavy atom. The zero-order valence-electron chi connectivity index (χ0n) is 16.8. The van der Waals surface area contributed by atoms with Crippen LogP contribution in [0.4, 0.5) is 0 Å². The summed E-state index contributed by atoms with van der Waals surface area (Å²) in [7, 11) is -1.80. The van der Waals surface area contributed by atoms with Crippen LogP contribution in [0.1, 0.15) is 67.7 Å². The first kappa shape index (κ1) is 18.3. The molecule has 1 atom stereocenters. The SMILES string of the molecule is Cc1nn(C)c(C)c1S(=O)(=O)N1CC(c2nncn2C2CC2)C2(CCCC2)C1. The van der Waals surface area contributed by atoms with Crippen molar-refractivity contribution < 1.29 is 8.42 Å². The largest absolute Gasteiger partial charge is 0.314 e. The maximum Gasteiger partial charge on any atom is 0.246 e. The molecule has 1 spiro atoms. The maximum atomic E-state index is 13.6. The highest BCUT2D eigenvalue weighted by molar-refractivity contribution is 7.89. The van der Waals surface area contributed by atoms with Crippen molar-refractivity contribution in [2.24, 2.45) is 12.5 Å². The molecule has 0 aromatic carbocycles. The Bertz CT molecular complexity index is 1010. The van der Waals surface area contributed by atoms with Gasteiger partial charge in [0.15, 0.2) is 0 Å². The summed E-state index contributed by atoms with van der Waals surface area (Å²) in [6.45, 7) is 4.67. The zero-order valence-corrected chi connectivity index (χ0v) is 17.6. The van der Waals surface area contributed by atoms with Crippen molar-refractivity contribution in [1.29, 1.82) is 0 Å². The molecule has 0 bridgehead atoms. The van der Waals surface area contributed by atoms with E-state index in [1.54, 1.807) is 23.0 Å². The molecule has 2 aromatic rings. The van der Waals surface area contributed by atoms with Crippen LogP contribution in [0.15, 0.2) is 11.2 Å². The van der Waals surface area contributed by atoms with Crippen LogP contribution in [-0.2, 0) is 17.1 Å². The topological polar surface area (TPSA) is 85.9 Å². The van der Waals surface area contributed by atoms with Crippen molar-refractivity contribution in [3.05, 3.63) is 23.5 Å². The van der Waals surface area contributed by atoms with E-state index in [2.05, 4.69) is 19.9 Å². The Morgan fingerprint density at radius 3 is 2.50 bits per heavy atom. The van der Waals surface area contributed by atoms with Crippen molar-refractivity contribution in [2.45, 2.75) is 69.2 Å². The Hall–Kier alpha value is -1.74. The van der Waals surface area contributed by atoms with Crippen molar-refractivity contribution in [2.75, 3.05) is 13.1 Å². The second kappa shape index (κ2) is 6.13. The van der Waals surface area contributed by atoms with Gasteiger partial charge in [-0.1, -0.05) is 12.8 Å². The third-order valence-corrected chi connectivity index (χ3v) is 9.17. The Labute approximate surface area is 166 Å². The van der Waals surface area contributed by atoms with Crippen molar-refractivity contribution in [1.82, 2.24) is 28.9 Å². The standard InChI is InChI=1S/C19H28N6O2S/c1-13-17(14(2)23(3)22-13)28(26,27)24-10-16(19(11-24)8-4-5-9-19)18-21-20-12-25(18)15-6-7-15/h12,15-16H,4-11H2,1-3H3. The summed E-state index contributed by atoms with van der Waals surface area (Å²) in [6, 6.07) is 0.497. The molecule has 2 saturated carbocycles. The lowest BCUT2D eigenvalue weighted by molar-refractivity contribution is 0.272. The van der Waals surface area contributed by atoms with E-state index < -0.39 is 10.0 Å². The molecule has 1 aliphatic heterocycles. The van der Waals surface area contributed by atoms with Crippen LogP contribution in [0.5, 0.6) is 0 Å². The van der Waals surface area contributed by atoms with Crippen molar-refractivity contribution in [3.63, 3.8) is 0 Å². The van der Waals surface area contributed by atoms with Crippen LogP contribution in [0.3, 0.4) is 0 Å². The van der Waals surface area contributed by atoms with E-state index in [0.29, 0.717) is 35.4 Å². The molecule has 28 heavy (non-hydrogen) atoms. The number of nitrogens with zero attached hydrogens (tertiary/aromatic N) is 6. The van der Waals surface area contributed by atoms with Gasteiger partial charge in [-0.3, -0.25) is 4.68 Å². The summed E-state index contributed by atoms with van der Waals surface area (Å²) in [4.78, 5) is 0.368. The highest BCUT2D eigenvalue weighted by Crippen LogP contribution is 2.55. The van der Waals surface area contributed by atoms with Gasteiger partial charge in [-0.2, -0.15) is 9.40 Å². The first-order valence-electron chi connectivity index (χ1n) is 10.2. The molecule has 3 heterocycles. The molecule has 2 aromatic heterocycles. The Kier molecular flexibility index (Phi) is 4.00. The highest BCUT2D eigenvalue weighted by Gasteiger charge is 2.54. The molecular weight excluding hydrogens is 376 g/mol. The van der Waals surface area contributed by atoms with E-state index in [0.717, 1.165) is 31.5 Å². The fourth-order valence-corrected chi connectivity index (χ4v) is 7.39. The number of hydrogen-bond donors (Lipinski definition) is 0. The van der Waals surface area contributed by atoms with Gasteiger partial charge in [-0.05, 0) is 44.9 Å². The van der Waals surface area contributed by atoms with Crippen molar-refractivity contribution >= 4 is 10.0 Å². The summed E-state index contributed by atoms with van der Waals surface area (Å²) in [6.07, 6.45) is 8.61. The van der Waals surface area contributed by atoms with Crippen LogP contribution in [-0.4, -0.2) is 50.4 Å². The molecule has 8 nitrogen and oxygen atoms in total. The van der Waals surface area contributed by atoms with E-state index >= 15 is 0 Å². The van der Waals surface area contributed by atoms with Gasteiger partial charge in [0.2, 0.25) is 10.0 Å². The van der Waals surface area contributed by atoms with E-state index in [1.807, 2.05) is 13.3 Å². The first-order valence-corrected chi connectivity index (χ1v) is 11.7. The Morgan fingerprint density at radius 1 is 1.18 bits per heavy atom. The molecule has 9 heteroatoms. The van der Waals surface area contributed by atoms with Gasteiger partial charge in [0.1, 0.15) is 17.0 Å². The number of aryl methyl sites for hydroxylation is 2. The number of sulfonamides is 1. The lowest BCUT2D eigenvalue weighted by Gasteiger charge is -2.29. The predicted molar refractivity (Wildman–Crippen MR) is 103 cm³/mol. The molecule has 2 aliphatic carbocycles. The smallest absolute Gasteiger partial charge is 0.246 e. The van der Waals surface area contributed by atoms with Gasteiger partial charge < -0.3 is 4.57 Å². The Balaban J connectivity index is 1.55. The number of hydrogen-bond acceptors (Lipinski definition) is 5. The van der Waals surface area contributed by atoms with Crippen LogP contribution < -0.4 is 0 Å². The molecule has 3 fully saturated rings. The molecule has 3 aliphatic rings. The molecule has 0 amide bonds. The zero-order chi connectivity index (χ0) is 19.7. The van der Waals surface area contributed by atoms with Gasteiger partial charge in [0.05, 0.1) is 11.4 Å². The lowest BCUT2D eigenvalue weighted by Crippen LogP contribution is -2.32. The molecule has 5 rings (SSSR count). The lowest BCUT2D eigenvalue weighted by atomic mass is 9.76. The summed E-state index contributed by atoms with van der Waals surface area (Å²) in [5.41, 5.74) is 1.25. The second-order valence-corrected chi connectivity index (χ2v) is 10.7. The van der Waals surface area contributed by atoms with Gasteiger partial charge in [0.25, 0.3) is 0 Å². The fourth-order valence-electron chi connectivity index (χ4n) is 5.44. The highest BCUT2D eigenvalue weighted by atomic mass is 32.2. The fraction of sp³-hybridized carbons (Fsp3) is 0.737. The quantitative estimate of drug-likeness (QED) is 0.781. The summed E-state index contributed by atoms with van der Waals surface area (Å²) >= 11 is 0. The van der Waals surface area contributed by atoms with E-state index in [1.165, 1.54) is 12.8 Å². The third-order valence-electron chi connectivity index (χ3n) is 7.11. The normalized spacial score (nSPS) is 25.2. The minimum Gasteiger partial charge on any atom is -0.314 e. The molecule has 152 valence electrons. The molecule has 1 unspecified atom stereocenters. The average Bonchev–Trinajstić information content (AvgIpc) is 3.01. The monoisotopic (exact) mass is 404 g/mol. The first-order chi connectivity index (χ1) is 13.3.